The Kier molecular flexibility index (Phi) is 18.1. The predicted octanol–water partition coefficient (Wildman–Crippen LogP) is 3.44. The van der Waals surface area contributed by atoms with Gasteiger partial charge in [-0.25, -0.2) is 4.68 Å². The van der Waals surface area contributed by atoms with E-state index in [1.165, 1.54) is 7.11 Å². The number of carbonyl (C=O) groups is 1. The van der Waals surface area contributed by atoms with Crippen LogP contribution in [0.1, 0.15) is 80.3 Å². The number of carbonyl (C=O) groups excluding carboxylic acids is 1. The molecule has 0 spiro atoms. The van der Waals surface area contributed by atoms with Crippen LogP contribution in [0.2, 0.25) is 0 Å². The number of para-hydroxylation sites is 1. The van der Waals surface area contributed by atoms with Gasteiger partial charge in [-0.1, -0.05) is 44.2 Å². The Morgan fingerprint density at radius 2 is 1.57 bits per heavy atom. The van der Waals surface area contributed by atoms with Crippen LogP contribution in [0.25, 0.3) is 5.69 Å². The first kappa shape index (κ1) is 51.3. The summed E-state index contributed by atoms with van der Waals surface area (Å²) in [4.78, 5) is 18.7. The van der Waals surface area contributed by atoms with Gasteiger partial charge in [0.25, 0.3) is 0 Å². The topological polar surface area (TPSA) is 189 Å². The highest BCUT2D eigenvalue weighted by Gasteiger charge is 2.52. The van der Waals surface area contributed by atoms with E-state index in [1.54, 1.807) is 38.8 Å². The smallest absolute Gasteiger partial charge is 0.311 e. The maximum Gasteiger partial charge on any atom is 0.311 e. The molecule has 4 heterocycles. The van der Waals surface area contributed by atoms with Crippen molar-refractivity contribution in [3.8, 4) is 5.69 Å². The molecule has 0 unspecified atom stereocenters. The molecular weight excluding hydrogens is 815 g/mol. The van der Waals surface area contributed by atoms with Gasteiger partial charge >= 0.3 is 5.97 Å². The Morgan fingerprint density at radius 1 is 0.889 bits per heavy atom. The van der Waals surface area contributed by atoms with Crippen LogP contribution in [0.3, 0.4) is 0 Å². The number of aliphatic hydroxyl groups excluding tert-OH is 3. The monoisotopic (exact) mass is 892 g/mol. The van der Waals surface area contributed by atoms with E-state index < -0.39 is 84.3 Å². The van der Waals surface area contributed by atoms with Crippen LogP contribution in [0.5, 0.6) is 0 Å². The number of nitrogens with zero attached hydrogens (tertiary/aromatic N) is 5. The molecule has 5 rings (SSSR count). The molecule has 63 heavy (non-hydrogen) atoms. The zero-order valence-electron chi connectivity index (χ0n) is 39.8. The third-order valence-corrected chi connectivity index (χ3v) is 13.7. The minimum Gasteiger partial charge on any atom is -0.458 e. The van der Waals surface area contributed by atoms with E-state index in [2.05, 4.69) is 10.3 Å². The number of aliphatic hydroxyl groups is 3. The summed E-state index contributed by atoms with van der Waals surface area (Å²) in [6.07, 6.45) is -5.18. The second kappa shape index (κ2) is 22.2. The molecule has 1 aromatic heterocycles. The molecule has 2 aromatic rings. The van der Waals surface area contributed by atoms with Crippen molar-refractivity contribution in [1.29, 1.82) is 0 Å². The number of hydrogen-bond donors (Lipinski definition) is 3. The molecule has 0 bridgehead atoms. The minimum absolute atomic E-state index is 0.0539. The van der Waals surface area contributed by atoms with Gasteiger partial charge in [-0.3, -0.25) is 4.79 Å². The minimum atomic E-state index is -1.11. The van der Waals surface area contributed by atoms with Crippen molar-refractivity contribution in [3.05, 3.63) is 42.2 Å². The summed E-state index contributed by atoms with van der Waals surface area (Å²) < 4.78 is 53.0. The van der Waals surface area contributed by atoms with Crippen LogP contribution in [0.4, 0.5) is 0 Å². The highest BCUT2D eigenvalue weighted by atomic mass is 16.7. The molecule has 0 radical (unpaired) electrons. The van der Waals surface area contributed by atoms with E-state index >= 15 is 0 Å². The summed E-state index contributed by atoms with van der Waals surface area (Å²) >= 11 is 0. The van der Waals surface area contributed by atoms with Gasteiger partial charge in [0.1, 0.15) is 24.0 Å². The second-order valence-corrected chi connectivity index (χ2v) is 19.3. The summed E-state index contributed by atoms with van der Waals surface area (Å²) in [5.41, 5.74) is -0.642. The summed E-state index contributed by atoms with van der Waals surface area (Å²) in [5, 5.41) is 43.3. The van der Waals surface area contributed by atoms with Crippen LogP contribution in [0, 0.1) is 23.7 Å². The first-order valence-electron chi connectivity index (χ1n) is 22.6. The lowest BCUT2D eigenvalue weighted by Crippen LogP contribution is -2.61. The van der Waals surface area contributed by atoms with Gasteiger partial charge in [0.15, 0.2) is 12.6 Å². The van der Waals surface area contributed by atoms with Crippen LogP contribution < -0.4 is 0 Å². The number of cyclic esters (lactones) is 1. The number of ether oxygens (including phenoxy) is 8. The molecule has 17 heteroatoms. The van der Waals surface area contributed by atoms with E-state index in [0.29, 0.717) is 31.6 Å². The maximum absolute atomic E-state index is 14.7. The van der Waals surface area contributed by atoms with E-state index in [4.69, 9.17) is 37.9 Å². The Hall–Kier alpha value is -2.65. The number of rotatable bonds is 12. The van der Waals surface area contributed by atoms with Gasteiger partial charge in [0, 0.05) is 45.7 Å². The van der Waals surface area contributed by atoms with E-state index in [0.717, 1.165) is 5.69 Å². The van der Waals surface area contributed by atoms with Gasteiger partial charge in [-0.15, -0.1) is 5.10 Å². The van der Waals surface area contributed by atoms with Gasteiger partial charge in [-0.2, -0.15) is 0 Å². The summed E-state index contributed by atoms with van der Waals surface area (Å²) in [6.45, 7) is 16.1. The maximum atomic E-state index is 14.7. The quantitative estimate of drug-likeness (QED) is 0.263. The van der Waals surface area contributed by atoms with Gasteiger partial charge in [0.05, 0.1) is 72.7 Å². The van der Waals surface area contributed by atoms with Crippen LogP contribution in [0.15, 0.2) is 36.5 Å². The second-order valence-electron chi connectivity index (χ2n) is 19.3. The number of hydrogen-bond acceptors (Lipinski definition) is 16. The van der Waals surface area contributed by atoms with Crippen molar-refractivity contribution in [2.24, 2.45) is 23.7 Å². The molecule has 17 atom stereocenters. The predicted molar refractivity (Wildman–Crippen MR) is 234 cm³/mol. The molecule has 0 saturated carbocycles. The fraction of sp³-hybridized carbons (Fsp3) is 0.804. The van der Waals surface area contributed by atoms with Gasteiger partial charge in [-0.05, 0) is 92.6 Å². The highest BCUT2D eigenvalue weighted by Crippen LogP contribution is 2.41. The third kappa shape index (κ3) is 12.6. The van der Waals surface area contributed by atoms with E-state index in [9.17, 15) is 20.1 Å². The molecule has 3 N–H and O–H groups in total. The Morgan fingerprint density at radius 3 is 2.22 bits per heavy atom. The Bertz CT molecular complexity index is 1710. The average molecular weight is 892 g/mol. The standard InChI is InChI=1S/C46H77N5O12/c1-27-20-46(8,57-13)42(63-44-39(53)36(49(9)10)19-29(3)59-44)30(4)40(62-37-21-45(7,56-12)41(54)32(6)60-37)31(5)43(55)61-35(24-50(11)22-28(2)38(27)52)26-58-25-33-23-51(48-47-33)34-17-15-14-16-18-34/h14-18,23,27-32,35-42,44,52-54H,19-22,24-26H2,1-13H3/t27-,28-,29-,30+,31-,32+,35-,36+,37+,38+,39-,40+,41+,42-,44+,45-,46-/m1/s1. The average Bonchev–Trinajstić information content (AvgIpc) is 3.72. The largest absolute Gasteiger partial charge is 0.458 e. The lowest BCUT2D eigenvalue weighted by atomic mass is 9.75. The molecular formula is C46H77N5O12. The lowest BCUT2D eigenvalue weighted by molar-refractivity contribution is -0.319. The van der Waals surface area contributed by atoms with E-state index in [1.807, 2.05) is 95.9 Å². The van der Waals surface area contributed by atoms with Gasteiger partial charge < -0.3 is 63.0 Å². The molecule has 0 amide bonds. The third-order valence-electron chi connectivity index (χ3n) is 13.7. The number of methoxy groups -OCH3 is 2. The van der Waals surface area contributed by atoms with Crippen molar-refractivity contribution < 1.29 is 58.0 Å². The van der Waals surface area contributed by atoms with Crippen molar-refractivity contribution >= 4 is 5.97 Å². The molecule has 0 aliphatic carbocycles. The molecule has 3 fully saturated rings. The molecule has 1 aromatic carbocycles. The molecule has 3 aliphatic rings. The zero-order valence-corrected chi connectivity index (χ0v) is 39.8. The number of likely N-dealkylation sites (N-methyl/N-ethyl adjacent to an activating group) is 2. The fourth-order valence-corrected chi connectivity index (χ4v) is 9.82. The van der Waals surface area contributed by atoms with Crippen molar-refractivity contribution in [2.75, 3.05) is 55.1 Å². The van der Waals surface area contributed by atoms with Gasteiger partial charge in [0.2, 0.25) is 0 Å². The van der Waals surface area contributed by atoms with Crippen LogP contribution in [-0.2, 0) is 49.3 Å². The molecule has 3 aliphatic heterocycles. The Balaban J connectivity index is 1.51. The first-order valence-corrected chi connectivity index (χ1v) is 22.6. The van der Waals surface area contributed by atoms with Crippen molar-refractivity contribution in [2.45, 2.75) is 160 Å². The zero-order chi connectivity index (χ0) is 46.4. The summed E-state index contributed by atoms with van der Waals surface area (Å²) in [5.74, 6) is -2.57. The number of esters is 1. The first-order chi connectivity index (χ1) is 29.7. The molecule has 3 saturated heterocycles. The molecule has 17 nitrogen and oxygen atoms in total. The van der Waals surface area contributed by atoms with Crippen LogP contribution in [-0.4, -0.2) is 180 Å². The molecule has 358 valence electrons. The van der Waals surface area contributed by atoms with Crippen molar-refractivity contribution in [3.63, 3.8) is 0 Å². The summed E-state index contributed by atoms with van der Waals surface area (Å²) in [7, 11) is 8.91. The lowest BCUT2D eigenvalue weighted by Gasteiger charge is -2.49. The summed E-state index contributed by atoms with van der Waals surface area (Å²) in [6, 6.07) is 9.39. The number of aromatic nitrogens is 3. The van der Waals surface area contributed by atoms with Crippen molar-refractivity contribution in [1.82, 2.24) is 24.8 Å². The SMILES string of the molecule is CO[C@]1(C)C[C@@H](C)[C@H](O)[C@H](C)CN(C)C[C@H](COCc2cn(-c3ccccc3)nn2)OC(=O)[C@H](C)[C@@H](O[C@H]2C[C@@](C)(OC)[C@@H](O)[C@H](C)O2)[C@H](C)[C@H]1O[C@@H]1O[C@H](C)C[C@H](N(C)C)[C@H]1O. The van der Waals surface area contributed by atoms with E-state index in [-0.39, 0.29) is 43.6 Å². The van der Waals surface area contributed by atoms with Crippen LogP contribution >= 0.6 is 0 Å². The highest BCUT2D eigenvalue weighted by molar-refractivity contribution is 5.73. The fourth-order valence-electron chi connectivity index (χ4n) is 9.82. The Labute approximate surface area is 374 Å². The number of benzene rings is 1. The normalized spacial score (nSPS) is 40.6.